The standard InChI is InChI=1S/C35H27FN2O5/c1-42-23-15-16-25(28(19-23)43-2)32(40)30-29(31(39)21-11-13-22(36)14-12-21)35(26-9-5-6-10-27(26)37-34(35)41)33-24-8-4-3-7-20(24)17-18-38(30)33/h3-19,29-30,33H,1-2H3,(H,37,41)/t29-,30-,33+,35-/m0/s1. The maximum Gasteiger partial charge on any atom is 0.238 e. The highest BCUT2D eigenvalue weighted by Crippen LogP contribution is 2.62. The predicted molar refractivity (Wildman–Crippen MR) is 159 cm³/mol. The van der Waals surface area contributed by atoms with Crippen molar-refractivity contribution < 1.29 is 28.2 Å². The summed E-state index contributed by atoms with van der Waals surface area (Å²) in [4.78, 5) is 45.9. The van der Waals surface area contributed by atoms with Gasteiger partial charge in [-0.2, -0.15) is 0 Å². The van der Waals surface area contributed by atoms with E-state index in [4.69, 9.17) is 9.47 Å². The molecule has 214 valence electrons. The van der Waals surface area contributed by atoms with Crippen LogP contribution in [0.4, 0.5) is 10.1 Å². The lowest BCUT2D eigenvalue weighted by Gasteiger charge is -2.38. The van der Waals surface area contributed by atoms with Gasteiger partial charge in [-0.15, -0.1) is 0 Å². The predicted octanol–water partition coefficient (Wildman–Crippen LogP) is 5.82. The molecule has 1 N–H and O–H groups in total. The molecule has 7 rings (SSSR count). The van der Waals surface area contributed by atoms with Crippen LogP contribution in [0.25, 0.3) is 6.08 Å². The molecule has 0 saturated carbocycles. The number of nitrogens with one attached hydrogen (secondary N) is 1. The zero-order valence-corrected chi connectivity index (χ0v) is 23.4. The largest absolute Gasteiger partial charge is 0.497 e. The Morgan fingerprint density at radius 1 is 0.884 bits per heavy atom. The van der Waals surface area contributed by atoms with Crippen LogP contribution in [0.1, 0.15) is 43.4 Å². The van der Waals surface area contributed by atoms with E-state index in [1.54, 1.807) is 30.5 Å². The van der Waals surface area contributed by atoms with Crippen LogP contribution in [0.15, 0.2) is 97.2 Å². The fourth-order valence-electron chi connectivity index (χ4n) is 7.12. The molecule has 3 aliphatic heterocycles. The first-order valence-corrected chi connectivity index (χ1v) is 13.9. The first-order chi connectivity index (χ1) is 20.9. The zero-order valence-electron chi connectivity index (χ0n) is 23.4. The van der Waals surface area contributed by atoms with Gasteiger partial charge < -0.3 is 19.7 Å². The van der Waals surface area contributed by atoms with Crippen molar-refractivity contribution in [3.63, 3.8) is 0 Å². The van der Waals surface area contributed by atoms with Crippen molar-refractivity contribution in [2.45, 2.75) is 17.5 Å². The van der Waals surface area contributed by atoms with Crippen molar-refractivity contribution in [2.24, 2.45) is 5.92 Å². The van der Waals surface area contributed by atoms with Gasteiger partial charge in [0.2, 0.25) is 5.91 Å². The number of hydrogen-bond acceptors (Lipinski definition) is 6. The lowest BCUT2D eigenvalue weighted by Crippen LogP contribution is -2.49. The minimum atomic E-state index is -1.48. The molecule has 1 fully saturated rings. The van der Waals surface area contributed by atoms with Gasteiger partial charge in [0.15, 0.2) is 11.6 Å². The number of carbonyl (C=O) groups excluding carboxylic acids is 3. The summed E-state index contributed by atoms with van der Waals surface area (Å²) in [5, 5.41) is 3.02. The Hall–Kier alpha value is -5.24. The number of carbonyl (C=O) groups is 3. The third-order valence-electron chi connectivity index (χ3n) is 8.92. The van der Waals surface area contributed by atoms with Crippen LogP contribution in [0, 0.1) is 11.7 Å². The summed E-state index contributed by atoms with van der Waals surface area (Å²) in [7, 11) is 2.98. The van der Waals surface area contributed by atoms with E-state index in [-0.39, 0.29) is 28.6 Å². The number of nitrogens with zero attached hydrogens (tertiary/aromatic N) is 1. The maximum atomic E-state index is 14.8. The summed E-state index contributed by atoms with van der Waals surface area (Å²) in [6, 6.07) is 23.3. The Labute approximate surface area is 247 Å². The molecule has 1 amide bonds. The van der Waals surface area contributed by atoms with E-state index in [1.807, 2.05) is 53.4 Å². The summed E-state index contributed by atoms with van der Waals surface area (Å²) in [6.07, 6.45) is 3.70. The third kappa shape index (κ3) is 3.75. The van der Waals surface area contributed by atoms with Crippen LogP contribution in [0.5, 0.6) is 11.5 Å². The molecule has 1 spiro atoms. The summed E-state index contributed by atoms with van der Waals surface area (Å²) in [5.41, 5.74) is 1.92. The number of amides is 1. The van der Waals surface area contributed by atoms with Gasteiger partial charge in [0.05, 0.1) is 31.7 Å². The van der Waals surface area contributed by atoms with E-state index in [2.05, 4.69) is 5.32 Å². The van der Waals surface area contributed by atoms with Crippen molar-refractivity contribution in [2.75, 3.05) is 19.5 Å². The average molecular weight is 575 g/mol. The van der Waals surface area contributed by atoms with Gasteiger partial charge in [-0.3, -0.25) is 14.4 Å². The second kappa shape index (κ2) is 9.94. The Morgan fingerprint density at radius 3 is 2.40 bits per heavy atom. The molecule has 43 heavy (non-hydrogen) atoms. The molecule has 0 unspecified atom stereocenters. The first kappa shape index (κ1) is 26.6. The van der Waals surface area contributed by atoms with E-state index < -0.39 is 35.0 Å². The number of ketones is 2. The molecule has 4 aromatic rings. The summed E-state index contributed by atoms with van der Waals surface area (Å²) < 4.78 is 24.9. The van der Waals surface area contributed by atoms with E-state index >= 15 is 0 Å². The van der Waals surface area contributed by atoms with Crippen molar-refractivity contribution in [3.8, 4) is 11.5 Å². The number of hydrogen-bond donors (Lipinski definition) is 1. The fraction of sp³-hybridized carbons (Fsp3) is 0.171. The van der Waals surface area contributed by atoms with Gasteiger partial charge in [-0.05, 0) is 65.2 Å². The van der Waals surface area contributed by atoms with Gasteiger partial charge in [0.25, 0.3) is 0 Å². The van der Waals surface area contributed by atoms with Crippen LogP contribution in [0.2, 0.25) is 0 Å². The van der Waals surface area contributed by atoms with Crippen molar-refractivity contribution in [3.05, 3.63) is 131 Å². The number of para-hydroxylation sites is 1. The maximum absolute atomic E-state index is 14.8. The minimum Gasteiger partial charge on any atom is -0.497 e. The normalized spacial score (nSPS) is 22.9. The van der Waals surface area contributed by atoms with Crippen molar-refractivity contribution in [1.29, 1.82) is 0 Å². The molecule has 1 saturated heterocycles. The molecule has 3 heterocycles. The van der Waals surface area contributed by atoms with Gasteiger partial charge in [-0.25, -0.2) is 4.39 Å². The second-order valence-corrected chi connectivity index (χ2v) is 10.9. The summed E-state index contributed by atoms with van der Waals surface area (Å²) in [6.45, 7) is 0. The minimum absolute atomic E-state index is 0.208. The quantitative estimate of drug-likeness (QED) is 0.292. The highest BCUT2D eigenvalue weighted by molar-refractivity contribution is 6.17. The van der Waals surface area contributed by atoms with Gasteiger partial charge in [-0.1, -0.05) is 42.5 Å². The lowest BCUT2D eigenvalue weighted by molar-refractivity contribution is -0.122. The number of anilines is 1. The number of benzene rings is 4. The Morgan fingerprint density at radius 2 is 1.63 bits per heavy atom. The monoisotopic (exact) mass is 574 g/mol. The van der Waals surface area contributed by atoms with Crippen LogP contribution in [0.3, 0.4) is 0 Å². The number of ether oxygens (including phenoxy) is 2. The second-order valence-electron chi connectivity index (χ2n) is 10.9. The number of methoxy groups -OCH3 is 2. The Bertz CT molecular complexity index is 1830. The van der Waals surface area contributed by atoms with Gasteiger partial charge in [0, 0.05) is 23.5 Å². The van der Waals surface area contributed by atoms with E-state index in [1.165, 1.54) is 38.5 Å². The number of halogens is 1. The zero-order chi connectivity index (χ0) is 29.9. The van der Waals surface area contributed by atoms with Crippen LogP contribution < -0.4 is 14.8 Å². The molecule has 0 radical (unpaired) electrons. The van der Waals surface area contributed by atoms with E-state index in [9.17, 15) is 18.8 Å². The number of rotatable bonds is 6. The van der Waals surface area contributed by atoms with Crippen molar-refractivity contribution in [1.82, 2.24) is 4.90 Å². The van der Waals surface area contributed by atoms with Crippen LogP contribution >= 0.6 is 0 Å². The Kier molecular flexibility index (Phi) is 6.16. The molecular weight excluding hydrogens is 547 g/mol. The highest BCUT2D eigenvalue weighted by Gasteiger charge is 2.70. The van der Waals surface area contributed by atoms with E-state index in [0.717, 1.165) is 11.1 Å². The van der Waals surface area contributed by atoms with Crippen LogP contribution in [-0.4, -0.2) is 42.6 Å². The molecule has 3 aliphatic rings. The summed E-state index contributed by atoms with van der Waals surface area (Å²) in [5.74, 6) is -2.07. The average Bonchev–Trinajstić information content (AvgIpc) is 3.52. The highest BCUT2D eigenvalue weighted by atomic mass is 19.1. The Balaban J connectivity index is 1.53. The molecule has 8 heteroatoms. The fourth-order valence-corrected chi connectivity index (χ4v) is 7.12. The van der Waals surface area contributed by atoms with Crippen molar-refractivity contribution >= 4 is 29.2 Å². The van der Waals surface area contributed by atoms with Gasteiger partial charge >= 0.3 is 0 Å². The molecule has 7 nitrogen and oxygen atoms in total. The SMILES string of the molecule is COc1ccc(C(=O)[C@@H]2[C@@H](C(=O)c3ccc(F)cc3)[C@]3(C(=O)Nc4ccccc43)[C@H]3c4ccccc4C=CN23)c(OC)c1. The third-order valence-corrected chi connectivity index (χ3v) is 8.92. The molecular formula is C35H27FN2O5. The summed E-state index contributed by atoms with van der Waals surface area (Å²) >= 11 is 0. The van der Waals surface area contributed by atoms with E-state index in [0.29, 0.717) is 17.0 Å². The van der Waals surface area contributed by atoms with Crippen LogP contribution in [-0.2, 0) is 10.2 Å². The smallest absolute Gasteiger partial charge is 0.238 e. The molecule has 4 aromatic carbocycles. The topological polar surface area (TPSA) is 84.9 Å². The van der Waals surface area contributed by atoms with Gasteiger partial charge in [0.1, 0.15) is 28.8 Å². The number of fused-ring (bicyclic) bond motifs is 6. The molecule has 4 atom stereocenters. The molecule has 0 aliphatic carbocycles. The molecule has 0 aromatic heterocycles. The lowest BCUT2D eigenvalue weighted by atomic mass is 9.62. The first-order valence-electron chi connectivity index (χ1n) is 13.9. The molecule has 0 bridgehead atoms. The number of Topliss-reactive ketones (excluding diaryl/α,β-unsaturated/α-hetero) is 2.